The lowest BCUT2D eigenvalue weighted by Crippen LogP contribution is -2.37. The van der Waals surface area contributed by atoms with E-state index in [1.807, 2.05) is 0 Å². The molecule has 0 spiro atoms. The summed E-state index contributed by atoms with van der Waals surface area (Å²) in [7, 11) is -3.24. The van der Waals surface area contributed by atoms with E-state index in [4.69, 9.17) is 11.6 Å². The molecule has 0 aromatic carbocycles. The first kappa shape index (κ1) is 11.3. The van der Waals surface area contributed by atoms with Crippen molar-refractivity contribution >= 4 is 21.6 Å². The average Bonchev–Trinajstić information content (AvgIpc) is 2.36. The van der Waals surface area contributed by atoms with E-state index in [1.165, 1.54) is 0 Å². The molecule has 0 bridgehead atoms. The summed E-state index contributed by atoms with van der Waals surface area (Å²) in [6.45, 7) is 4.23. The Labute approximate surface area is 84.9 Å². The molecule has 0 heterocycles. The van der Waals surface area contributed by atoms with Gasteiger partial charge in [-0.15, -0.1) is 11.6 Å². The van der Waals surface area contributed by atoms with Crippen molar-refractivity contribution in [1.82, 2.24) is 4.72 Å². The van der Waals surface area contributed by atoms with Gasteiger partial charge in [0.25, 0.3) is 0 Å². The number of rotatable bonds is 3. The Balaban J connectivity index is 2.56. The second-order valence-corrected chi connectivity index (χ2v) is 6.20. The number of hydrogen-bond donors (Lipinski definition) is 1. The van der Waals surface area contributed by atoms with Gasteiger partial charge in [0, 0.05) is 6.04 Å². The van der Waals surface area contributed by atoms with Gasteiger partial charge in [0.05, 0.1) is 0 Å². The van der Waals surface area contributed by atoms with Crippen molar-refractivity contribution in [3.05, 3.63) is 0 Å². The van der Waals surface area contributed by atoms with Crippen molar-refractivity contribution in [3.63, 3.8) is 0 Å². The topological polar surface area (TPSA) is 46.2 Å². The highest BCUT2D eigenvalue weighted by Gasteiger charge is 2.32. The summed E-state index contributed by atoms with van der Waals surface area (Å²) in [5, 5.41) is -0.343. The Hall–Kier alpha value is 0.200. The molecule has 0 aliphatic heterocycles. The number of nitrogens with one attached hydrogen (secondary N) is 1. The van der Waals surface area contributed by atoms with E-state index < -0.39 is 10.0 Å². The van der Waals surface area contributed by atoms with Crippen molar-refractivity contribution in [2.75, 3.05) is 5.21 Å². The van der Waals surface area contributed by atoms with Crippen LogP contribution in [0.5, 0.6) is 0 Å². The van der Waals surface area contributed by atoms with Crippen molar-refractivity contribution < 1.29 is 8.42 Å². The molecule has 13 heavy (non-hydrogen) atoms. The van der Waals surface area contributed by atoms with Crippen molar-refractivity contribution in [1.29, 1.82) is 0 Å². The van der Waals surface area contributed by atoms with E-state index in [-0.39, 0.29) is 11.3 Å². The molecule has 1 aliphatic carbocycles. The van der Waals surface area contributed by atoms with E-state index in [9.17, 15) is 8.42 Å². The van der Waals surface area contributed by atoms with Crippen LogP contribution in [0.2, 0.25) is 0 Å². The smallest absolute Gasteiger partial charge is 0.211 e. The quantitative estimate of drug-likeness (QED) is 0.741. The van der Waals surface area contributed by atoms with Crippen LogP contribution in [-0.2, 0) is 10.0 Å². The summed E-state index contributed by atoms with van der Waals surface area (Å²) in [5.41, 5.74) is 0. The predicted molar refractivity (Wildman–Crippen MR) is 54.1 cm³/mol. The molecule has 5 heteroatoms. The molecule has 0 saturated heterocycles. The number of sulfonamides is 1. The minimum Gasteiger partial charge on any atom is -0.211 e. The normalized spacial score (nSPS) is 35.2. The maximum atomic E-state index is 11.2. The van der Waals surface area contributed by atoms with Gasteiger partial charge in [-0.3, -0.25) is 0 Å². The molecule has 3 nitrogen and oxygen atoms in total. The molecule has 1 rings (SSSR count). The maximum Gasteiger partial charge on any atom is 0.225 e. The third kappa shape index (κ3) is 2.82. The zero-order chi connectivity index (χ0) is 10.1. The minimum atomic E-state index is -3.24. The van der Waals surface area contributed by atoms with Gasteiger partial charge < -0.3 is 0 Å². The van der Waals surface area contributed by atoms with Crippen LogP contribution in [-0.4, -0.2) is 19.7 Å². The summed E-state index contributed by atoms with van der Waals surface area (Å²) < 4.78 is 25.0. The zero-order valence-electron chi connectivity index (χ0n) is 7.96. The van der Waals surface area contributed by atoms with E-state index in [0.29, 0.717) is 11.8 Å². The fraction of sp³-hybridized carbons (Fsp3) is 1.00. The van der Waals surface area contributed by atoms with E-state index in [2.05, 4.69) is 18.6 Å². The monoisotopic (exact) mass is 225 g/mol. The van der Waals surface area contributed by atoms with Gasteiger partial charge in [0.15, 0.2) is 0 Å². The molecular weight excluding hydrogens is 210 g/mol. The predicted octanol–water partition coefficient (Wildman–Crippen LogP) is 1.54. The first-order valence-corrected chi connectivity index (χ1v) is 6.71. The Morgan fingerprint density at radius 1 is 1.38 bits per heavy atom. The Kier molecular flexibility index (Phi) is 3.60. The van der Waals surface area contributed by atoms with Crippen molar-refractivity contribution in [2.24, 2.45) is 11.8 Å². The summed E-state index contributed by atoms with van der Waals surface area (Å²) in [6.07, 6.45) is 2.02. The molecular formula is C8H16ClNO2S. The Bertz CT molecular complexity index is 265. The first-order chi connectivity index (χ1) is 5.96. The van der Waals surface area contributed by atoms with Gasteiger partial charge in [-0.2, -0.15) is 0 Å². The highest BCUT2D eigenvalue weighted by molar-refractivity contribution is 7.90. The van der Waals surface area contributed by atoms with Crippen LogP contribution in [0.4, 0.5) is 0 Å². The van der Waals surface area contributed by atoms with Gasteiger partial charge in [-0.25, -0.2) is 13.1 Å². The maximum absolute atomic E-state index is 11.2. The van der Waals surface area contributed by atoms with Crippen LogP contribution in [0.3, 0.4) is 0 Å². The standard InChI is InChI=1S/C8H16ClNO2S/c1-6-3-4-8(7(6)2)10-13(11,12)5-9/h6-8,10H,3-5H2,1-2H3. The van der Waals surface area contributed by atoms with E-state index in [1.54, 1.807) is 0 Å². The molecule has 78 valence electrons. The second-order valence-electron chi connectivity index (χ2n) is 3.86. The number of alkyl halides is 1. The summed E-state index contributed by atoms with van der Waals surface area (Å²) >= 11 is 5.31. The van der Waals surface area contributed by atoms with Gasteiger partial charge in [0.1, 0.15) is 5.21 Å². The second kappa shape index (κ2) is 4.15. The first-order valence-electron chi connectivity index (χ1n) is 4.52. The summed E-state index contributed by atoms with van der Waals surface area (Å²) in [5.74, 6) is 1.01. The van der Waals surface area contributed by atoms with Gasteiger partial charge in [-0.1, -0.05) is 13.8 Å². The average molecular weight is 226 g/mol. The van der Waals surface area contributed by atoms with Crippen molar-refractivity contribution in [2.45, 2.75) is 32.7 Å². The molecule has 0 amide bonds. The van der Waals surface area contributed by atoms with Gasteiger partial charge in [-0.05, 0) is 24.7 Å². The molecule has 0 aromatic heterocycles. The van der Waals surface area contributed by atoms with Crippen LogP contribution >= 0.6 is 11.6 Å². The fourth-order valence-corrected chi connectivity index (χ4v) is 2.84. The Morgan fingerprint density at radius 2 is 2.00 bits per heavy atom. The lowest BCUT2D eigenvalue weighted by atomic mass is 9.98. The van der Waals surface area contributed by atoms with Crippen LogP contribution in [0, 0.1) is 11.8 Å². The minimum absolute atomic E-state index is 0.0822. The highest BCUT2D eigenvalue weighted by Crippen LogP contribution is 2.31. The Morgan fingerprint density at radius 3 is 2.38 bits per heavy atom. The van der Waals surface area contributed by atoms with Crippen LogP contribution in [0.15, 0.2) is 0 Å². The number of halogens is 1. The third-order valence-corrected chi connectivity index (χ3v) is 4.75. The molecule has 1 aliphatic rings. The highest BCUT2D eigenvalue weighted by atomic mass is 35.5. The molecule has 0 radical (unpaired) electrons. The zero-order valence-corrected chi connectivity index (χ0v) is 9.53. The SMILES string of the molecule is CC1CCC(NS(=O)(=O)CCl)C1C. The molecule has 1 N–H and O–H groups in total. The lowest BCUT2D eigenvalue weighted by molar-refractivity contribution is 0.402. The van der Waals surface area contributed by atoms with Crippen LogP contribution in [0.25, 0.3) is 0 Å². The summed E-state index contributed by atoms with van der Waals surface area (Å²) in [4.78, 5) is 0. The number of hydrogen-bond acceptors (Lipinski definition) is 2. The third-order valence-electron chi connectivity index (χ3n) is 2.94. The van der Waals surface area contributed by atoms with E-state index >= 15 is 0 Å². The van der Waals surface area contributed by atoms with E-state index in [0.717, 1.165) is 12.8 Å². The largest absolute Gasteiger partial charge is 0.225 e. The van der Waals surface area contributed by atoms with Crippen molar-refractivity contribution in [3.8, 4) is 0 Å². The molecule has 3 unspecified atom stereocenters. The molecule has 1 saturated carbocycles. The summed E-state index contributed by atoms with van der Waals surface area (Å²) in [6, 6.07) is 0.0822. The van der Waals surface area contributed by atoms with Crippen LogP contribution in [0.1, 0.15) is 26.7 Å². The molecule has 0 aromatic rings. The fourth-order valence-electron chi connectivity index (χ4n) is 1.79. The molecule has 3 atom stereocenters. The lowest BCUT2D eigenvalue weighted by Gasteiger charge is -2.18. The van der Waals surface area contributed by atoms with Crippen LogP contribution < -0.4 is 4.72 Å². The van der Waals surface area contributed by atoms with Gasteiger partial charge in [0.2, 0.25) is 10.0 Å². The molecule has 1 fully saturated rings. The van der Waals surface area contributed by atoms with Gasteiger partial charge >= 0.3 is 0 Å².